The fourth-order valence-corrected chi connectivity index (χ4v) is 4.40. The van der Waals surface area contributed by atoms with Gasteiger partial charge in [-0.3, -0.25) is 0 Å². The molecule has 2 aromatic heterocycles. The molecule has 2 fully saturated rings. The van der Waals surface area contributed by atoms with Gasteiger partial charge in [-0.2, -0.15) is 5.26 Å². The van der Waals surface area contributed by atoms with Crippen LogP contribution < -0.4 is 10.2 Å². The van der Waals surface area contributed by atoms with Gasteiger partial charge in [-0.1, -0.05) is 18.2 Å². The number of hydrogen-bond acceptors (Lipinski definition) is 7. The first-order chi connectivity index (χ1) is 15.5. The van der Waals surface area contributed by atoms with Gasteiger partial charge in [-0.05, 0) is 38.0 Å². The topological polar surface area (TPSA) is 77.3 Å². The summed E-state index contributed by atoms with van der Waals surface area (Å²) in [6, 6.07) is 8.21. The van der Waals surface area contributed by atoms with Crippen LogP contribution in [-0.4, -0.2) is 54.3 Å². The van der Waals surface area contributed by atoms with Gasteiger partial charge in [0, 0.05) is 62.7 Å². The van der Waals surface area contributed by atoms with Crippen LogP contribution in [0.5, 0.6) is 0 Å². The number of rotatable bonds is 8. The first-order valence-electron chi connectivity index (χ1n) is 11.0. The molecular weight excluding hydrogens is 424 g/mol. The van der Waals surface area contributed by atoms with E-state index >= 15 is 0 Å². The van der Waals surface area contributed by atoms with Gasteiger partial charge in [0.05, 0.1) is 23.6 Å². The van der Waals surface area contributed by atoms with Crippen molar-refractivity contribution in [3.8, 4) is 6.07 Å². The van der Waals surface area contributed by atoms with Crippen molar-refractivity contribution in [2.75, 3.05) is 43.6 Å². The predicted octanol–water partition coefficient (Wildman–Crippen LogP) is 4.68. The molecule has 1 aliphatic heterocycles. The SMILES string of the molecule is C=C(CCOC)N1CCN(c2nc(C3CC3)c(Nc3ccnc(Cl)c3)cc2C#N)C[C@H]1C. The van der Waals surface area contributed by atoms with Gasteiger partial charge < -0.3 is 19.9 Å². The fourth-order valence-electron chi connectivity index (χ4n) is 4.23. The lowest BCUT2D eigenvalue weighted by Gasteiger charge is -2.43. The minimum Gasteiger partial charge on any atom is -0.384 e. The number of halogens is 1. The summed E-state index contributed by atoms with van der Waals surface area (Å²) in [5.41, 5.74) is 4.40. The number of methoxy groups -OCH3 is 1. The summed E-state index contributed by atoms with van der Waals surface area (Å²) < 4.78 is 5.20. The van der Waals surface area contributed by atoms with Crippen LogP contribution >= 0.6 is 11.6 Å². The molecule has 0 bridgehead atoms. The monoisotopic (exact) mass is 452 g/mol. The van der Waals surface area contributed by atoms with Crippen LogP contribution in [0.25, 0.3) is 0 Å². The number of nitriles is 1. The van der Waals surface area contributed by atoms with Crippen LogP contribution in [0.15, 0.2) is 36.7 Å². The lowest BCUT2D eigenvalue weighted by atomic mass is 10.1. The second-order valence-corrected chi connectivity index (χ2v) is 8.86. The van der Waals surface area contributed by atoms with Crippen LogP contribution in [0.3, 0.4) is 0 Å². The van der Waals surface area contributed by atoms with Gasteiger partial charge >= 0.3 is 0 Å². The number of pyridine rings is 2. The molecule has 1 N–H and O–H groups in total. The van der Waals surface area contributed by atoms with E-state index in [0.717, 1.165) is 67.5 Å². The zero-order valence-electron chi connectivity index (χ0n) is 18.6. The zero-order valence-corrected chi connectivity index (χ0v) is 19.4. The molecule has 0 spiro atoms. The third-order valence-corrected chi connectivity index (χ3v) is 6.26. The minimum absolute atomic E-state index is 0.280. The Bertz CT molecular complexity index is 1030. The smallest absolute Gasteiger partial charge is 0.147 e. The molecule has 1 saturated heterocycles. The van der Waals surface area contributed by atoms with Crippen molar-refractivity contribution in [3.05, 3.63) is 53.1 Å². The van der Waals surface area contributed by atoms with E-state index in [1.165, 1.54) is 0 Å². The highest BCUT2D eigenvalue weighted by Crippen LogP contribution is 2.44. The maximum absolute atomic E-state index is 9.92. The predicted molar refractivity (Wildman–Crippen MR) is 127 cm³/mol. The van der Waals surface area contributed by atoms with Gasteiger partial charge in [-0.15, -0.1) is 0 Å². The Morgan fingerprint density at radius 2 is 2.19 bits per heavy atom. The van der Waals surface area contributed by atoms with Gasteiger partial charge in [0.2, 0.25) is 0 Å². The third kappa shape index (κ3) is 4.98. The number of aromatic nitrogens is 2. The van der Waals surface area contributed by atoms with E-state index in [-0.39, 0.29) is 6.04 Å². The molecule has 4 rings (SSSR count). The molecule has 0 unspecified atom stereocenters. The van der Waals surface area contributed by atoms with Gasteiger partial charge in [-0.25, -0.2) is 9.97 Å². The molecular formula is C24H29ClN6O. The Balaban J connectivity index is 1.58. The van der Waals surface area contributed by atoms with E-state index in [4.69, 9.17) is 21.3 Å². The van der Waals surface area contributed by atoms with E-state index < -0.39 is 0 Å². The fraction of sp³-hybridized carbons (Fsp3) is 0.458. The van der Waals surface area contributed by atoms with Crippen molar-refractivity contribution in [2.45, 2.75) is 38.1 Å². The van der Waals surface area contributed by atoms with E-state index in [1.54, 1.807) is 19.4 Å². The summed E-state index contributed by atoms with van der Waals surface area (Å²) in [7, 11) is 1.71. The van der Waals surface area contributed by atoms with Crippen LogP contribution in [0, 0.1) is 11.3 Å². The van der Waals surface area contributed by atoms with Crippen LogP contribution in [0.2, 0.25) is 5.15 Å². The summed E-state index contributed by atoms with van der Waals surface area (Å²) in [6.45, 7) is 9.56. The van der Waals surface area contributed by atoms with Crippen LogP contribution in [0.1, 0.15) is 43.4 Å². The molecule has 3 heterocycles. The Morgan fingerprint density at radius 1 is 1.38 bits per heavy atom. The van der Waals surface area contributed by atoms with Crippen molar-refractivity contribution >= 4 is 28.8 Å². The summed E-state index contributed by atoms with van der Waals surface area (Å²) >= 11 is 6.04. The van der Waals surface area contributed by atoms with Crippen molar-refractivity contribution < 1.29 is 4.74 Å². The molecule has 0 aromatic carbocycles. The molecule has 168 valence electrons. The van der Waals surface area contributed by atoms with E-state index in [0.29, 0.717) is 23.2 Å². The molecule has 2 aliphatic rings. The molecule has 7 nitrogen and oxygen atoms in total. The second kappa shape index (κ2) is 9.76. The molecule has 0 radical (unpaired) electrons. The van der Waals surface area contributed by atoms with E-state index in [1.807, 2.05) is 12.1 Å². The zero-order chi connectivity index (χ0) is 22.7. The maximum atomic E-state index is 9.92. The molecule has 2 aromatic rings. The van der Waals surface area contributed by atoms with E-state index in [9.17, 15) is 5.26 Å². The first-order valence-corrected chi connectivity index (χ1v) is 11.4. The summed E-state index contributed by atoms with van der Waals surface area (Å²) in [5.74, 6) is 1.20. The van der Waals surface area contributed by atoms with Crippen molar-refractivity contribution in [2.24, 2.45) is 0 Å². The average Bonchev–Trinajstić information content (AvgIpc) is 3.62. The number of anilines is 3. The summed E-state index contributed by atoms with van der Waals surface area (Å²) in [4.78, 5) is 13.6. The van der Waals surface area contributed by atoms with Gasteiger partial charge in [0.25, 0.3) is 0 Å². The lowest BCUT2D eigenvalue weighted by Crippen LogP contribution is -2.51. The Labute approximate surface area is 194 Å². The average molecular weight is 453 g/mol. The van der Waals surface area contributed by atoms with Crippen molar-refractivity contribution in [1.29, 1.82) is 5.26 Å². The molecule has 32 heavy (non-hydrogen) atoms. The molecule has 0 amide bonds. The summed E-state index contributed by atoms with van der Waals surface area (Å²) in [6.07, 6.45) is 4.73. The number of nitrogens with zero attached hydrogens (tertiary/aromatic N) is 5. The molecule has 1 saturated carbocycles. The number of hydrogen-bond donors (Lipinski definition) is 1. The molecule has 8 heteroatoms. The van der Waals surface area contributed by atoms with Crippen LogP contribution in [0.4, 0.5) is 17.2 Å². The Hall–Kier alpha value is -2.82. The van der Waals surface area contributed by atoms with E-state index in [2.05, 4.69) is 39.7 Å². The highest BCUT2D eigenvalue weighted by molar-refractivity contribution is 6.29. The number of piperazine rings is 1. The van der Waals surface area contributed by atoms with Crippen molar-refractivity contribution in [3.63, 3.8) is 0 Å². The number of nitrogens with one attached hydrogen (secondary N) is 1. The lowest BCUT2D eigenvalue weighted by molar-refractivity contribution is 0.177. The second-order valence-electron chi connectivity index (χ2n) is 8.47. The molecule has 1 atom stereocenters. The quantitative estimate of drug-likeness (QED) is 0.582. The van der Waals surface area contributed by atoms with Crippen molar-refractivity contribution in [1.82, 2.24) is 14.9 Å². The third-order valence-electron chi connectivity index (χ3n) is 6.05. The Morgan fingerprint density at radius 3 is 2.84 bits per heavy atom. The minimum atomic E-state index is 0.280. The van der Waals surface area contributed by atoms with Gasteiger partial charge in [0.15, 0.2) is 0 Å². The van der Waals surface area contributed by atoms with Gasteiger partial charge in [0.1, 0.15) is 17.0 Å². The standard InChI is InChI=1S/C24H29ClN6O/c1-16(7-11-32-3)31-10-9-30(15-17(31)2)24-19(14-26)12-21(23(29-24)18-4-5-18)28-20-6-8-27-22(25)13-20/h6,8,12-13,17-18H,1,4-5,7,9-11,15H2,2-3H3,(H,27,28)/t17-/m1/s1. The molecule has 1 aliphatic carbocycles. The Kier molecular flexibility index (Phi) is 6.83. The normalized spacial score (nSPS) is 18.4. The highest BCUT2D eigenvalue weighted by Gasteiger charge is 2.32. The maximum Gasteiger partial charge on any atom is 0.147 e. The number of ether oxygens (including phenoxy) is 1. The first kappa shape index (κ1) is 22.4. The highest BCUT2D eigenvalue weighted by atomic mass is 35.5. The summed E-state index contributed by atoms with van der Waals surface area (Å²) in [5, 5.41) is 13.7. The largest absolute Gasteiger partial charge is 0.384 e. The van der Waals surface area contributed by atoms with Crippen LogP contribution in [-0.2, 0) is 4.74 Å².